The summed E-state index contributed by atoms with van der Waals surface area (Å²) in [7, 11) is 0. The Hall–Kier alpha value is -1.59. The quantitative estimate of drug-likeness (QED) is 0.0348. The molecule has 2 atom stereocenters. The molecule has 0 saturated heterocycles. The van der Waals surface area contributed by atoms with Crippen molar-refractivity contribution in [3.05, 3.63) is 0 Å². The van der Waals surface area contributed by atoms with Crippen LogP contribution >= 0.6 is 0 Å². The second-order valence-electron chi connectivity index (χ2n) is 18.3. The molecule has 0 aromatic carbocycles. The zero-order valence-electron chi connectivity index (χ0n) is 38.4. The number of carbonyl (C=O) groups is 3. The van der Waals surface area contributed by atoms with Crippen LogP contribution in [0, 0.1) is 17.8 Å². The van der Waals surface area contributed by atoms with Crippen molar-refractivity contribution in [2.24, 2.45) is 17.8 Å². The van der Waals surface area contributed by atoms with Gasteiger partial charge in [-0.3, -0.25) is 14.4 Å². The van der Waals surface area contributed by atoms with Gasteiger partial charge in [-0.25, -0.2) is 0 Å². The number of rotatable bonds is 43. The lowest BCUT2D eigenvalue weighted by Crippen LogP contribution is -2.30. The highest BCUT2D eigenvalue weighted by Crippen LogP contribution is 2.18. The van der Waals surface area contributed by atoms with E-state index in [9.17, 15) is 14.4 Å². The van der Waals surface area contributed by atoms with Crippen molar-refractivity contribution in [1.82, 2.24) is 0 Å². The second kappa shape index (κ2) is 41.6. The molecule has 0 spiro atoms. The van der Waals surface area contributed by atoms with Crippen LogP contribution in [0.5, 0.6) is 0 Å². The van der Waals surface area contributed by atoms with E-state index in [2.05, 4.69) is 41.5 Å². The molecule has 0 bridgehead atoms. The molecule has 1 unspecified atom stereocenters. The average Bonchev–Trinajstić information content (AvgIpc) is 3.16. The van der Waals surface area contributed by atoms with Gasteiger partial charge >= 0.3 is 17.9 Å². The Kier molecular flexibility index (Phi) is 40.4. The lowest BCUT2D eigenvalue weighted by atomic mass is 9.99. The Morgan fingerprint density at radius 1 is 0.357 bits per heavy atom. The fourth-order valence-electron chi connectivity index (χ4n) is 7.38. The van der Waals surface area contributed by atoms with Gasteiger partial charge in [0.25, 0.3) is 0 Å². The summed E-state index contributed by atoms with van der Waals surface area (Å²) in [6.45, 7) is 13.6. The lowest BCUT2D eigenvalue weighted by molar-refractivity contribution is -0.167. The Morgan fingerprint density at radius 2 is 0.625 bits per heavy atom. The second-order valence-corrected chi connectivity index (χ2v) is 18.3. The smallest absolute Gasteiger partial charge is 0.306 e. The van der Waals surface area contributed by atoms with Gasteiger partial charge in [-0.15, -0.1) is 0 Å². The molecule has 0 saturated carbocycles. The van der Waals surface area contributed by atoms with Crippen LogP contribution in [0.4, 0.5) is 0 Å². The Balaban J connectivity index is 4.23. The highest BCUT2D eigenvalue weighted by atomic mass is 16.6. The number of hydrogen-bond acceptors (Lipinski definition) is 6. The number of esters is 3. The van der Waals surface area contributed by atoms with E-state index < -0.39 is 6.10 Å². The first-order valence-electron chi connectivity index (χ1n) is 24.6. The summed E-state index contributed by atoms with van der Waals surface area (Å²) in [6, 6.07) is 0. The minimum absolute atomic E-state index is 0.0664. The lowest BCUT2D eigenvalue weighted by Gasteiger charge is -2.18. The van der Waals surface area contributed by atoms with E-state index in [-0.39, 0.29) is 31.1 Å². The van der Waals surface area contributed by atoms with Crippen molar-refractivity contribution in [2.75, 3.05) is 13.2 Å². The summed E-state index contributed by atoms with van der Waals surface area (Å²) in [5.74, 6) is 1.59. The maximum Gasteiger partial charge on any atom is 0.306 e. The molecule has 0 N–H and O–H groups in total. The van der Waals surface area contributed by atoms with Crippen LogP contribution in [0.25, 0.3) is 0 Å². The zero-order chi connectivity index (χ0) is 41.3. The largest absolute Gasteiger partial charge is 0.462 e. The first-order valence-corrected chi connectivity index (χ1v) is 24.6. The third-order valence-electron chi connectivity index (χ3n) is 11.5. The third kappa shape index (κ3) is 42.0. The van der Waals surface area contributed by atoms with Gasteiger partial charge in [0.05, 0.1) is 0 Å². The molecule has 332 valence electrons. The topological polar surface area (TPSA) is 78.9 Å². The molecular weight excluding hydrogens is 697 g/mol. The first kappa shape index (κ1) is 54.4. The SMILES string of the molecule is CCC(C)CCCCCCCCCCCCCCCCC(=O)OC[C@H](COC(=O)CCCCCCCCCCC(C)C)OC(=O)CCCCCCCCC(C)C. The van der Waals surface area contributed by atoms with Crippen molar-refractivity contribution in [3.8, 4) is 0 Å². The summed E-state index contributed by atoms with van der Waals surface area (Å²) in [5.41, 5.74) is 0. The molecule has 56 heavy (non-hydrogen) atoms. The van der Waals surface area contributed by atoms with E-state index in [1.807, 2.05) is 0 Å². The van der Waals surface area contributed by atoms with Gasteiger partial charge in [0.2, 0.25) is 0 Å². The highest BCUT2D eigenvalue weighted by Gasteiger charge is 2.19. The van der Waals surface area contributed by atoms with Gasteiger partial charge in [-0.1, -0.05) is 228 Å². The van der Waals surface area contributed by atoms with Crippen molar-refractivity contribution in [3.63, 3.8) is 0 Å². The molecule has 0 heterocycles. The van der Waals surface area contributed by atoms with E-state index in [1.165, 1.54) is 148 Å². The van der Waals surface area contributed by atoms with Crippen LogP contribution in [-0.4, -0.2) is 37.2 Å². The Labute approximate surface area is 348 Å². The monoisotopic (exact) mass is 793 g/mol. The van der Waals surface area contributed by atoms with Crippen molar-refractivity contribution >= 4 is 17.9 Å². The summed E-state index contributed by atoms with van der Waals surface area (Å²) in [4.78, 5) is 37.8. The molecule has 0 aromatic heterocycles. The van der Waals surface area contributed by atoms with Crippen LogP contribution in [0.1, 0.15) is 266 Å². The molecule has 0 fully saturated rings. The van der Waals surface area contributed by atoms with Crippen molar-refractivity contribution < 1.29 is 28.6 Å². The van der Waals surface area contributed by atoms with Gasteiger partial charge in [0.1, 0.15) is 13.2 Å². The number of hydrogen-bond donors (Lipinski definition) is 0. The molecule has 6 nitrogen and oxygen atoms in total. The van der Waals surface area contributed by atoms with Crippen LogP contribution in [0.3, 0.4) is 0 Å². The molecule has 6 heteroatoms. The molecule has 0 radical (unpaired) electrons. The molecule has 0 aromatic rings. The minimum atomic E-state index is -0.762. The van der Waals surface area contributed by atoms with Crippen molar-refractivity contribution in [1.29, 1.82) is 0 Å². The summed E-state index contributed by atoms with van der Waals surface area (Å²) in [5, 5.41) is 0. The number of unbranched alkanes of at least 4 members (excludes halogenated alkanes) is 25. The Bertz CT molecular complexity index is 870. The molecular formula is C50H96O6. The number of carbonyl (C=O) groups excluding carboxylic acids is 3. The van der Waals surface area contributed by atoms with Crippen LogP contribution in [0.15, 0.2) is 0 Å². The van der Waals surface area contributed by atoms with E-state index in [0.29, 0.717) is 19.3 Å². The fourth-order valence-corrected chi connectivity index (χ4v) is 7.38. The zero-order valence-corrected chi connectivity index (χ0v) is 38.4. The highest BCUT2D eigenvalue weighted by molar-refractivity contribution is 5.71. The van der Waals surface area contributed by atoms with E-state index in [0.717, 1.165) is 75.5 Å². The fraction of sp³-hybridized carbons (Fsp3) is 0.940. The normalized spacial score (nSPS) is 12.6. The van der Waals surface area contributed by atoms with Gasteiger partial charge in [0.15, 0.2) is 6.10 Å². The first-order chi connectivity index (χ1) is 27.1. The summed E-state index contributed by atoms with van der Waals surface area (Å²) < 4.78 is 16.7. The predicted octanol–water partition coefficient (Wildman–Crippen LogP) is 15.6. The Morgan fingerprint density at radius 3 is 0.929 bits per heavy atom. The maximum absolute atomic E-state index is 12.7. The van der Waals surface area contributed by atoms with Crippen molar-refractivity contribution in [2.45, 2.75) is 272 Å². The summed E-state index contributed by atoms with van der Waals surface area (Å²) >= 11 is 0. The van der Waals surface area contributed by atoms with E-state index >= 15 is 0 Å². The molecule has 0 aliphatic rings. The number of ether oxygens (including phenoxy) is 3. The van der Waals surface area contributed by atoms with Gasteiger partial charge in [-0.2, -0.15) is 0 Å². The molecule has 0 aliphatic carbocycles. The standard InChI is InChI=1S/C50H96O6/c1-7-46(6)38-32-26-19-14-12-10-8-9-11-13-15-20-27-33-39-48(51)54-42-47(56-50(53)41-35-29-23-22-25-31-37-45(4)5)43-55-49(52)40-34-28-21-17-16-18-24-30-36-44(2)3/h44-47H,7-43H2,1-6H3/t46?,47-/m1/s1. The minimum Gasteiger partial charge on any atom is -0.462 e. The van der Waals surface area contributed by atoms with Gasteiger partial charge in [0, 0.05) is 19.3 Å². The molecule has 0 aliphatic heterocycles. The van der Waals surface area contributed by atoms with Gasteiger partial charge in [-0.05, 0) is 37.0 Å². The van der Waals surface area contributed by atoms with E-state index in [1.54, 1.807) is 0 Å². The predicted molar refractivity (Wildman–Crippen MR) is 238 cm³/mol. The van der Waals surface area contributed by atoms with E-state index in [4.69, 9.17) is 14.2 Å². The average molecular weight is 793 g/mol. The molecule has 0 rings (SSSR count). The van der Waals surface area contributed by atoms with Gasteiger partial charge < -0.3 is 14.2 Å². The summed E-state index contributed by atoms with van der Waals surface area (Å²) in [6.07, 6.45) is 39.6. The maximum atomic E-state index is 12.7. The van der Waals surface area contributed by atoms with Crippen LogP contribution in [0.2, 0.25) is 0 Å². The van der Waals surface area contributed by atoms with Crippen LogP contribution < -0.4 is 0 Å². The third-order valence-corrected chi connectivity index (χ3v) is 11.5. The molecule has 0 amide bonds. The van der Waals surface area contributed by atoms with Crippen LogP contribution in [-0.2, 0) is 28.6 Å².